The van der Waals surface area contributed by atoms with Gasteiger partial charge in [-0.15, -0.1) is 0 Å². The topological polar surface area (TPSA) is 23.8 Å². The smallest absolute Gasteiger partial charge is 0.0625 e. The van der Waals surface area contributed by atoms with Gasteiger partial charge in [0.05, 0.1) is 6.07 Å². The van der Waals surface area contributed by atoms with Crippen molar-refractivity contribution in [3.8, 4) is 6.07 Å². The molecule has 1 nitrogen and oxygen atoms in total. The molecule has 38 valence electrons. The van der Waals surface area contributed by atoms with Gasteiger partial charge in [0.25, 0.3) is 0 Å². The summed E-state index contributed by atoms with van der Waals surface area (Å²) in [6, 6.07) is 1.99. The third kappa shape index (κ3) is 5.52. The molecular weight excluding hydrogens is 110 g/mol. The Morgan fingerprint density at radius 1 is 1.71 bits per heavy atom. The quantitative estimate of drug-likeness (QED) is 0.506. The highest BCUT2D eigenvalue weighted by atomic mass is 35.5. The summed E-state index contributed by atoms with van der Waals surface area (Å²) in [5, 5.41) is 7.97. The maximum Gasteiger partial charge on any atom is 0.0625 e. The van der Waals surface area contributed by atoms with Gasteiger partial charge in [0.2, 0.25) is 0 Å². The fraction of sp³-hybridized carbons (Fsp3) is 0.400. The Labute approximate surface area is 48.2 Å². The predicted octanol–water partition coefficient (Wildman–Crippen LogP) is 2.04. The molecule has 0 aliphatic heterocycles. The van der Waals surface area contributed by atoms with Gasteiger partial charge in [-0.1, -0.05) is 17.7 Å². The van der Waals surface area contributed by atoms with Crippen LogP contribution in [0.1, 0.15) is 12.8 Å². The summed E-state index contributed by atoms with van der Waals surface area (Å²) < 4.78 is 0. The molecule has 0 unspecified atom stereocenters. The number of rotatable bonds is 2. The van der Waals surface area contributed by atoms with Crippen molar-refractivity contribution < 1.29 is 0 Å². The zero-order valence-corrected chi connectivity index (χ0v) is 4.65. The molecule has 0 heterocycles. The third-order valence-electron chi connectivity index (χ3n) is 0.512. The predicted molar refractivity (Wildman–Crippen MR) is 29.8 cm³/mol. The molecule has 0 aromatic rings. The van der Waals surface area contributed by atoms with Gasteiger partial charge in [-0.05, 0) is 6.42 Å². The van der Waals surface area contributed by atoms with Gasteiger partial charge in [-0.25, -0.2) is 0 Å². The van der Waals surface area contributed by atoms with E-state index in [4.69, 9.17) is 16.9 Å². The molecule has 0 saturated heterocycles. The minimum atomic E-state index is 0.559. The molecule has 7 heavy (non-hydrogen) atoms. The lowest BCUT2D eigenvalue weighted by Crippen LogP contribution is -1.59. The second kappa shape index (κ2) is 5.52. The lowest BCUT2D eigenvalue weighted by molar-refractivity contribution is 1.06. The normalized spacial score (nSPS) is 9.14. The molecular formula is C5H6ClN. The molecule has 0 atom stereocenters. The molecule has 0 bridgehead atoms. The van der Waals surface area contributed by atoms with Crippen molar-refractivity contribution in [3.63, 3.8) is 0 Å². The van der Waals surface area contributed by atoms with E-state index in [0.717, 1.165) is 6.42 Å². The van der Waals surface area contributed by atoms with E-state index in [1.165, 1.54) is 5.54 Å². The Balaban J connectivity index is 2.87. The Morgan fingerprint density at radius 3 is 2.86 bits per heavy atom. The van der Waals surface area contributed by atoms with Crippen LogP contribution in [0, 0.1) is 11.3 Å². The molecule has 0 rings (SSSR count). The molecule has 0 amide bonds. The van der Waals surface area contributed by atoms with Gasteiger partial charge in [-0.2, -0.15) is 5.26 Å². The monoisotopic (exact) mass is 115 g/mol. The Kier molecular flexibility index (Phi) is 5.14. The minimum Gasteiger partial charge on any atom is -0.198 e. The van der Waals surface area contributed by atoms with E-state index in [0.29, 0.717) is 6.42 Å². The van der Waals surface area contributed by atoms with Crippen LogP contribution in [0.4, 0.5) is 0 Å². The van der Waals surface area contributed by atoms with E-state index in [-0.39, 0.29) is 0 Å². The van der Waals surface area contributed by atoms with Crippen molar-refractivity contribution in [1.82, 2.24) is 0 Å². The summed E-state index contributed by atoms with van der Waals surface area (Å²) in [7, 11) is 0. The molecule has 0 radical (unpaired) electrons. The van der Waals surface area contributed by atoms with Crippen molar-refractivity contribution in [2.75, 3.05) is 0 Å². The first kappa shape index (κ1) is 6.52. The Bertz CT molecular complexity index is 90.7. The first-order chi connectivity index (χ1) is 3.41. The SMILES string of the molecule is N#CCCC=CCl. The largest absolute Gasteiger partial charge is 0.198 e. The van der Waals surface area contributed by atoms with Crippen LogP contribution in [0.25, 0.3) is 0 Å². The number of allylic oxidation sites excluding steroid dienone is 1. The fourth-order valence-corrected chi connectivity index (χ4v) is 0.337. The van der Waals surface area contributed by atoms with Crippen molar-refractivity contribution in [2.24, 2.45) is 0 Å². The third-order valence-corrected chi connectivity index (χ3v) is 0.690. The minimum absolute atomic E-state index is 0.559. The number of hydrogen-bond donors (Lipinski definition) is 0. The highest BCUT2D eigenvalue weighted by Crippen LogP contribution is 1.88. The summed E-state index contributed by atoms with van der Waals surface area (Å²) in [6.07, 6.45) is 3.08. The highest BCUT2D eigenvalue weighted by Gasteiger charge is 1.72. The van der Waals surface area contributed by atoms with Crippen molar-refractivity contribution in [2.45, 2.75) is 12.8 Å². The Morgan fingerprint density at radius 2 is 2.43 bits per heavy atom. The molecule has 0 fully saturated rings. The number of hydrogen-bond acceptors (Lipinski definition) is 1. The van der Waals surface area contributed by atoms with E-state index in [1.807, 2.05) is 6.07 Å². The van der Waals surface area contributed by atoms with Crippen LogP contribution in [-0.4, -0.2) is 0 Å². The van der Waals surface area contributed by atoms with E-state index in [1.54, 1.807) is 6.08 Å². The number of halogens is 1. The zero-order chi connectivity index (χ0) is 5.54. The molecule has 0 saturated carbocycles. The second-order valence-corrected chi connectivity index (χ2v) is 1.31. The number of nitriles is 1. The lowest BCUT2D eigenvalue weighted by Gasteiger charge is -1.73. The van der Waals surface area contributed by atoms with Crippen LogP contribution in [0.3, 0.4) is 0 Å². The van der Waals surface area contributed by atoms with Crippen LogP contribution in [-0.2, 0) is 0 Å². The molecule has 0 N–H and O–H groups in total. The number of unbranched alkanes of at least 4 members (excludes halogenated alkanes) is 1. The van der Waals surface area contributed by atoms with Gasteiger partial charge < -0.3 is 0 Å². The average molecular weight is 116 g/mol. The van der Waals surface area contributed by atoms with Crippen LogP contribution in [0.5, 0.6) is 0 Å². The molecule has 0 aliphatic rings. The average Bonchev–Trinajstić information content (AvgIpc) is 1.69. The first-order valence-corrected chi connectivity index (χ1v) is 2.47. The van der Waals surface area contributed by atoms with Gasteiger partial charge in [0, 0.05) is 12.0 Å². The van der Waals surface area contributed by atoms with E-state index in [9.17, 15) is 0 Å². The molecule has 0 aromatic heterocycles. The van der Waals surface area contributed by atoms with Gasteiger partial charge in [-0.3, -0.25) is 0 Å². The maximum atomic E-state index is 7.97. The summed E-state index contributed by atoms with van der Waals surface area (Å²) in [4.78, 5) is 0. The van der Waals surface area contributed by atoms with E-state index >= 15 is 0 Å². The fourth-order valence-electron chi connectivity index (χ4n) is 0.211. The second-order valence-electron chi connectivity index (χ2n) is 1.06. The van der Waals surface area contributed by atoms with Crippen molar-refractivity contribution in [1.29, 1.82) is 5.26 Å². The molecule has 2 heteroatoms. The van der Waals surface area contributed by atoms with Gasteiger partial charge in [0.1, 0.15) is 0 Å². The summed E-state index contributed by atoms with van der Waals surface area (Å²) in [6.45, 7) is 0. The lowest BCUT2D eigenvalue weighted by atomic mass is 10.3. The highest BCUT2D eigenvalue weighted by molar-refractivity contribution is 6.25. The van der Waals surface area contributed by atoms with Crippen LogP contribution < -0.4 is 0 Å². The van der Waals surface area contributed by atoms with Gasteiger partial charge in [0.15, 0.2) is 0 Å². The van der Waals surface area contributed by atoms with Crippen molar-refractivity contribution >= 4 is 11.6 Å². The van der Waals surface area contributed by atoms with Crippen LogP contribution in [0.2, 0.25) is 0 Å². The first-order valence-electron chi connectivity index (χ1n) is 2.04. The van der Waals surface area contributed by atoms with E-state index < -0.39 is 0 Å². The summed E-state index contributed by atoms with van der Waals surface area (Å²) in [5.41, 5.74) is 1.43. The van der Waals surface area contributed by atoms with Gasteiger partial charge >= 0.3 is 0 Å². The van der Waals surface area contributed by atoms with Crippen LogP contribution >= 0.6 is 11.6 Å². The molecule has 0 aromatic carbocycles. The van der Waals surface area contributed by atoms with Crippen molar-refractivity contribution in [3.05, 3.63) is 11.6 Å². The standard InChI is InChI=1S/C5H6ClN/c6-4-2-1-3-5-7/h2,4H,1,3H2. The summed E-state index contributed by atoms with van der Waals surface area (Å²) >= 11 is 5.15. The Hall–Kier alpha value is -0.480. The summed E-state index contributed by atoms with van der Waals surface area (Å²) in [5.74, 6) is 0. The molecule has 0 spiro atoms. The van der Waals surface area contributed by atoms with Crippen LogP contribution in [0.15, 0.2) is 11.6 Å². The van der Waals surface area contributed by atoms with E-state index in [2.05, 4.69) is 0 Å². The molecule has 0 aliphatic carbocycles. The maximum absolute atomic E-state index is 7.97. The zero-order valence-electron chi connectivity index (χ0n) is 3.89. The number of nitrogens with zero attached hydrogens (tertiary/aromatic N) is 1.